The van der Waals surface area contributed by atoms with Crippen LogP contribution in [-0.2, 0) is 9.59 Å². The van der Waals surface area contributed by atoms with Crippen LogP contribution < -0.4 is 5.32 Å². The number of rotatable bonds is 2. The molecule has 1 saturated heterocycles. The van der Waals surface area contributed by atoms with Crippen molar-refractivity contribution in [2.45, 2.75) is 12.5 Å². The summed E-state index contributed by atoms with van der Waals surface area (Å²) >= 11 is 0. The molecule has 1 rings (SSSR count). The van der Waals surface area contributed by atoms with Gasteiger partial charge in [0.2, 0.25) is 11.8 Å². The van der Waals surface area contributed by atoms with E-state index in [1.807, 2.05) is 0 Å². The van der Waals surface area contributed by atoms with Crippen LogP contribution in [0, 0.1) is 12.3 Å². The summed E-state index contributed by atoms with van der Waals surface area (Å²) in [4.78, 5) is 26.6. The molecule has 1 aliphatic rings. The molecule has 1 atom stereocenters. The van der Waals surface area contributed by atoms with Gasteiger partial charge in [-0.15, -0.1) is 6.42 Å². The Bertz CT molecular complexity index is 320. The lowest BCUT2D eigenvalue weighted by Crippen LogP contribution is -2.59. The molecule has 0 aromatic rings. The van der Waals surface area contributed by atoms with Gasteiger partial charge in [0, 0.05) is 33.7 Å². The Labute approximate surface area is 95.8 Å². The van der Waals surface area contributed by atoms with E-state index >= 15 is 0 Å². The van der Waals surface area contributed by atoms with E-state index in [0.717, 1.165) is 0 Å². The predicted molar refractivity (Wildman–Crippen MR) is 60.5 cm³/mol. The fraction of sp³-hybridized carbons (Fsp3) is 0.636. The first-order valence-corrected chi connectivity index (χ1v) is 5.22. The van der Waals surface area contributed by atoms with Gasteiger partial charge in [0.1, 0.15) is 6.04 Å². The van der Waals surface area contributed by atoms with Gasteiger partial charge < -0.3 is 15.1 Å². The zero-order valence-corrected chi connectivity index (χ0v) is 9.69. The molecule has 0 radical (unpaired) electrons. The Morgan fingerprint density at radius 3 is 2.81 bits per heavy atom. The molecule has 1 fully saturated rings. The summed E-state index contributed by atoms with van der Waals surface area (Å²) < 4.78 is 0. The number of carbonyl (C=O) groups excluding carboxylic acids is 2. The van der Waals surface area contributed by atoms with Crippen LogP contribution >= 0.6 is 0 Å². The molecule has 2 amide bonds. The Morgan fingerprint density at radius 2 is 2.25 bits per heavy atom. The fourth-order valence-electron chi connectivity index (χ4n) is 1.71. The highest BCUT2D eigenvalue weighted by molar-refractivity contribution is 5.88. The molecule has 0 aliphatic carbocycles. The van der Waals surface area contributed by atoms with Gasteiger partial charge in [-0.2, -0.15) is 0 Å². The van der Waals surface area contributed by atoms with Gasteiger partial charge in [0.05, 0.1) is 6.42 Å². The van der Waals surface area contributed by atoms with Crippen LogP contribution in [0.25, 0.3) is 0 Å². The molecule has 0 bridgehead atoms. The molecular formula is C11H17N3O2. The second kappa shape index (κ2) is 5.52. The van der Waals surface area contributed by atoms with Crippen LogP contribution in [0.4, 0.5) is 0 Å². The van der Waals surface area contributed by atoms with Crippen LogP contribution in [0.3, 0.4) is 0 Å². The predicted octanol–water partition coefficient (Wildman–Crippen LogP) is -1.10. The van der Waals surface area contributed by atoms with Gasteiger partial charge >= 0.3 is 0 Å². The molecule has 5 heteroatoms. The molecular weight excluding hydrogens is 206 g/mol. The maximum atomic E-state index is 11.9. The third-order valence-corrected chi connectivity index (χ3v) is 2.54. The van der Waals surface area contributed by atoms with Crippen molar-refractivity contribution in [2.75, 3.05) is 33.7 Å². The Kier molecular flexibility index (Phi) is 4.32. The summed E-state index contributed by atoms with van der Waals surface area (Å²) in [5, 5.41) is 3.10. The first kappa shape index (κ1) is 12.5. The van der Waals surface area contributed by atoms with E-state index in [-0.39, 0.29) is 18.2 Å². The molecule has 1 N–H and O–H groups in total. The summed E-state index contributed by atoms with van der Waals surface area (Å²) in [6.45, 7) is 1.73. The number of carbonyl (C=O) groups is 2. The maximum Gasteiger partial charge on any atom is 0.246 e. The zero-order valence-electron chi connectivity index (χ0n) is 9.69. The molecule has 0 spiro atoms. The molecule has 1 unspecified atom stereocenters. The minimum atomic E-state index is -0.426. The van der Waals surface area contributed by atoms with E-state index in [4.69, 9.17) is 6.42 Å². The van der Waals surface area contributed by atoms with E-state index in [9.17, 15) is 9.59 Å². The van der Waals surface area contributed by atoms with Crippen LogP contribution in [0.2, 0.25) is 0 Å². The van der Waals surface area contributed by atoms with Gasteiger partial charge in [-0.05, 0) is 0 Å². The van der Waals surface area contributed by atoms with E-state index < -0.39 is 6.04 Å². The van der Waals surface area contributed by atoms with Crippen LogP contribution in [0.1, 0.15) is 6.42 Å². The van der Waals surface area contributed by atoms with Gasteiger partial charge in [0.25, 0.3) is 0 Å². The van der Waals surface area contributed by atoms with Crippen molar-refractivity contribution in [3.05, 3.63) is 0 Å². The highest BCUT2D eigenvalue weighted by Crippen LogP contribution is 2.07. The minimum absolute atomic E-state index is 0.0528. The molecule has 5 nitrogen and oxygen atoms in total. The number of amides is 2. The third-order valence-electron chi connectivity index (χ3n) is 2.54. The first-order valence-electron chi connectivity index (χ1n) is 5.22. The average molecular weight is 223 g/mol. The summed E-state index contributed by atoms with van der Waals surface area (Å²) in [6.07, 6.45) is 5.16. The topological polar surface area (TPSA) is 52.7 Å². The van der Waals surface area contributed by atoms with Gasteiger partial charge in [-0.1, -0.05) is 5.92 Å². The third kappa shape index (κ3) is 2.74. The lowest BCUT2D eigenvalue weighted by Gasteiger charge is -2.36. The van der Waals surface area contributed by atoms with Gasteiger partial charge in [-0.25, -0.2) is 0 Å². The van der Waals surface area contributed by atoms with E-state index in [0.29, 0.717) is 19.6 Å². The lowest BCUT2D eigenvalue weighted by molar-refractivity contribution is -0.144. The number of terminal acetylenes is 1. The molecule has 0 saturated carbocycles. The molecule has 1 aliphatic heterocycles. The Hall–Kier alpha value is -1.54. The smallest absolute Gasteiger partial charge is 0.246 e. The quantitative estimate of drug-likeness (QED) is 0.605. The van der Waals surface area contributed by atoms with Crippen molar-refractivity contribution in [2.24, 2.45) is 0 Å². The van der Waals surface area contributed by atoms with Crippen molar-refractivity contribution < 1.29 is 9.59 Å². The van der Waals surface area contributed by atoms with Crippen molar-refractivity contribution in [1.82, 2.24) is 15.1 Å². The van der Waals surface area contributed by atoms with Crippen molar-refractivity contribution in [3.63, 3.8) is 0 Å². The molecule has 16 heavy (non-hydrogen) atoms. The number of nitrogens with zero attached hydrogens (tertiary/aromatic N) is 2. The number of nitrogens with one attached hydrogen (secondary N) is 1. The minimum Gasteiger partial charge on any atom is -0.347 e. The average Bonchev–Trinajstić information content (AvgIpc) is 2.28. The number of piperazine rings is 1. The van der Waals surface area contributed by atoms with Crippen LogP contribution in [0.5, 0.6) is 0 Å². The molecule has 0 aromatic carbocycles. The lowest BCUT2D eigenvalue weighted by atomic mass is 10.1. The van der Waals surface area contributed by atoms with Crippen LogP contribution in [0.15, 0.2) is 0 Å². The van der Waals surface area contributed by atoms with E-state index in [1.165, 1.54) is 4.90 Å². The summed E-state index contributed by atoms with van der Waals surface area (Å²) in [6, 6.07) is -0.426. The van der Waals surface area contributed by atoms with Crippen LogP contribution in [-0.4, -0.2) is 61.4 Å². The largest absolute Gasteiger partial charge is 0.347 e. The van der Waals surface area contributed by atoms with E-state index in [2.05, 4.69) is 11.2 Å². The number of hydrogen-bond acceptors (Lipinski definition) is 3. The van der Waals surface area contributed by atoms with Crippen molar-refractivity contribution in [3.8, 4) is 12.3 Å². The fourth-order valence-corrected chi connectivity index (χ4v) is 1.71. The molecule has 1 heterocycles. The number of hydrogen-bond donors (Lipinski definition) is 1. The SMILES string of the molecule is C#CCC(=O)N1CCNCC1C(=O)N(C)C. The first-order chi connectivity index (χ1) is 7.57. The Balaban J connectivity index is 2.75. The number of likely N-dealkylation sites (N-methyl/N-ethyl adjacent to an activating group) is 1. The van der Waals surface area contributed by atoms with Gasteiger partial charge in [0.15, 0.2) is 0 Å². The summed E-state index contributed by atoms with van der Waals surface area (Å²) in [5.74, 6) is 2.10. The zero-order chi connectivity index (χ0) is 12.1. The van der Waals surface area contributed by atoms with Gasteiger partial charge in [-0.3, -0.25) is 9.59 Å². The molecule has 0 aromatic heterocycles. The second-order valence-electron chi connectivity index (χ2n) is 3.92. The Morgan fingerprint density at radius 1 is 1.56 bits per heavy atom. The summed E-state index contributed by atoms with van der Waals surface area (Å²) in [5.41, 5.74) is 0. The highest BCUT2D eigenvalue weighted by atomic mass is 16.2. The van der Waals surface area contributed by atoms with E-state index in [1.54, 1.807) is 19.0 Å². The monoisotopic (exact) mass is 223 g/mol. The maximum absolute atomic E-state index is 11.9. The van der Waals surface area contributed by atoms with Crippen molar-refractivity contribution in [1.29, 1.82) is 0 Å². The normalized spacial score (nSPS) is 20.1. The highest BCUT2D eigenvalue weighted by Gasteiger charge is 2.32. The summed E-state index contributed by atoms with van der Waals surface area (Å²) in [7, 11) is 3.36. The molecule has 88 valence electrons. The van der Waals surface area contributed by atoms with Crippen molar-refractivity contribution >= 4 is 11.8 Å². The second-order valence-corrected chi connectivity index (χ2v) is 3.92. The standard InChI is InChI=1S/C11H17N3O2/c1-4-5-10(15)14-7-6-12-8-9(14)11(16)13(2)3/h1,9,12H,5-8H2,2-3H3.